The van der Waals surface area contributed by atoms with Crippen molar-refractivity contribution in [1.29, 1.82) is 0 Å². The van der Waals surface area contributed by atoms with Crippen LogP contribution in [0.5, 0.6) is 0 Å². The molecule has 1 N–H and O–H groups in total. The highest BCUT2D eigenvalue weighted by molar-refractivity contribution is 5.71. The first-order valence-corrected chi connectivity index (χ1v) is 9.32. The first-order valence-electron chi connectivity index (χ1n) is 9.32. The molecular formula is C21H33NO3. The molecule has 1 aromatic rings. The van der Waals surface area contributed by atoms with E-state index in [1.54, 1.807) is 7.11 Å². The van der Waals surface area contributed by atoms with Crippen molar-refractivity contribution in [3.8, 4) is 0 Å². The highest BCUT2D eigenvalue weighted by Gasteiger charge is 2.40. The molecule has 25 heavy (non-hydrogen) atoms. The van der Waals surface area contributed by atoms with Crippen LogP contribution in [0.2, 0.25) is 0 Å². The van der Waals surface area contributed by atoms with Crippen LogP contribution in [0, 0.1) is 17.3 Å². The summed E-state index contributed by atoms with van der Waals surface area (Å²) in [6.45, 7) is 9.48. The van der Waals surface area contributed by atoms with Gasteiger partial charge in [0.05, 0.1) is 12.5 Å². The summed E-state index contributed by atoms with van der Waals surface area (Å²) in [4.78, 5) is 14.4. The zero-order valence-electron chi connectivity index (χ0n) is 16.1. The van der Waals surface area contributed by atoms with Gasteiger partial charge in [0.2, 0.25) is 0 Å². The minimum atomic E-state index is -0.664. The van der Waals surface area contributed by atoms with Crippen LogP contribution in [0.25, 0.3) is 0 Å². The molecule has 1 aromatic carbocycles. The van der Waals surface area contributed by atoms with Crippen LogP contribution in [0.4, 0.5) is 0 Å². The second-order valence-electron chi connectivity index (χ2n) is 8.38. The van der Waals surface area contributed by atoms with Gasteiger partial charge in [0, 0.05) is 26.7 Å². The van der Waals surface area contributed by atoms with E-state index < -0.39 is 5.97 Å². The average molecular weight is 347 g/mol. The van der Waals surface area contributed by atoms with Crippen molar-refractivity contribution < 1.29 is 14.6 Å². The number of carboxylic acids is 1. The lowest BCUT2D eigenvalue weighted by Gasteiger charge is -2.35. The number of benzene rings is 1. The number of nitrogens with zero attached hydrogens (tertiary/aromatic N) is 1. The summed E-state index contributed by atoms with van der Waals surface area (Å²) in [5, 5.41) is 9.86. The molecule has 0 saturated carbocycles. The van der Waals surface area contributed by atoms with E-state index >= 15 is 0 Å². The maximum atomic E-state index is 12.0. The number of likely N-dealkylation sites (tertiary alicyclic amines) is 1. The largest absolute Gasteiger partial charge is 0.481 e. The van der Waals surface area contributed by atoms with E-state index in [4.69, 9.17) is 4.74 Å². The second kappa shape index (κ2) is 8.81. The highest BCUT2D eigenvalue weighted by atomic mass is 16.5. The van der Waals surface area contributed by atoms with Gasteiger partial charge in [-0.05, 0) is 35.7 Å². The summed E-state index contributed by atoms with van der Waals surface area (Å²) < 4.78 is 5.28. The second-order valence-corrected chi connectivity index (χ2v) is 8.38. The molecule has 1 aliphatic heterocycles. The molecule has 140 valence electrons. The lowest BCUT2D eigenvalue weighted by Crippen LogP contribution is -2.41. The van der Waals surface area contributed by atoms with Crippen LogP contribution in [0.15, 0.2) is 30.3 Å². The van der Waals surface area contributed by atoms with Crippen molar-refractivity contribution in [2.24, 2.45) is 17.3 Å². The minimum Gasteiger partial charge on any atom is -0.481 e. The SMILES string of the molecule is COCCN1CC(c2ccccc2)CCC(C(C(=O)O)C(C)(C)C)C1. The Balaban J connectivity index is 2.22. The fraction of sp³-hybridized carbons (Fsp3) is 0.667. The number of carboxylic acid groups (broad SMARTS) is 1. The van der Waals surface area contributed by atoms with Crippen LogP contribution in [-0.2, 0) is 9.53 Å². The summed E-state index contributed by atoms with van der Waals surface area (Å²) in [7, 11) is 1.72. The third kappa shape index (κ3) is 5.55. The molecule has 1 aliphatic rings. The summed E-state index contributed by atoms with van der Waals surface area (Å²) >= 11 is 0. The molecule has 0 amide bonds. The number of aliphatic carboxylic acids is 1. The predicted octanol–water partition coefficient (Wildman–Crippen LogP) is 3.88. The van der Waals surface area contributed by atoms with Gasteiger partial charge >= 0.3 is 5.97 Å². The third-order valence-corrected chi connectivity index (χ3v) is 5.41. The average Bonchev–Trinajstić information content (AvgIpc) is 2.75. The first kappa shape index (κ1) is 19.9. The van der Waals surface area contributed by atoms with Gasteiger partial charge in [0.1, 0.15) is 0 Å². The molecule has 3 unspecified atom stereocenters. The number of methoxy groups -OCH3 is 1. The van der Waals surface area contributed by atoms with Crippen molar-refractivity contribution in [3.05, 3.63) is 35.9 Å². The summed E-state index contributed by atoms with van der Waals surface area (Å²) in [5.74, 6) is -0.366. The quantitative estimate of drug-likeness (QED) is 0.848. The van der Waals surface area contributed by atoms with E-state index in [0.717, 1.165) is 32.5 Å². The smallest absolute Gasteiger partial charge is 0.307 e. The molecule has 1 fully saturated rings. The van der Waals surface area contributed by atoms with Crippen LogP contribution < -0.4 is 0 Å². The van der Waals surface area contributed by atoms with Crippen molar-refractivity contribution in [1.82, 2.24) is 4.90 Å². The van der Waals surface area contributed by atoms with Gasteiger partial charge in [0.15, 0.2) is 0 Å². The number of hydrogen-bond acceptors (Lipinski definition) is 3. The van der Waals surface area contributed by atoms with E-state index in [2.05, 4.69) is 29.2 Å². The van der Waals surface area contributed by atoms with Crippen molar-refractivity contribution in [3.63, 3.8) is 0 Å². The molecule has 1 saturated heterocycles. The number of ether oxygens (including phenoxy) is 1. The molecule has 3 atom stereocenters. The molecule has 0 aromatic heterocycles. The van der Waals surface area contributed by atoms with Crippen LogP contribution in [0.3, 0.4) is 0 Å². The number of hydrogen-bond donors (Lipinski definition) is 1. The summed E-state index contributed by atoms with van der Waals surface area (Å²) in [5.41, 5.74) is 1.11. The van der Waals surface area contributed by atoms with Crippen molar-refractivity contribution in [2.75, 3.05) is 33.4 Å². The van der Waals surface area contributed by atoms with Gasteiger partial charge in [-0.25, -0.2) is 0 Å². The van der Waals surface area contributed by atoms with Crippen molar-refractivity contribution in [2.45, 2.75) is 39.5 Å². The topological polar surface area (TPSA) is 49.8 Å². The fourth-order valence-corrected chi connectivity index (χ4v) is 4.27. The Morgan fingerprint density at radius 3 is 2.48 bits per heavy atom. The van der Waals surface area contributed by atoms with Gasteiger partial charge in [-0.2, -0.15) is 0 Å². The molecule has 2 rings (SSSR count). The molecule has 4 heteroatoms. The monoisotopic (exact) mass is 347 g/mol. The van der Waals surface area contributed by atoms with Crippen molar-refractivity contribution >= 4 is 5.97 Å². The maximum Gasteiger partial charge on any atom is 0.307 e. The highest BCUT2D eigenvalue weighted by Crippen LogP contribution is 2.39. The normalized spacial score (nSPS) is 23.8. The molecule has 0 bridgehead atoms. The van der Waals surface area contributed by atoms with Crippen LogP contribution >= 0.6 is 0 Å². The Morgan fingerprint density at radius 2 is 1.92 bits per heavy atom. The van der Waals surface area contributed by atoms with Gasteiger partial charge in [-0.1, -0.05) is 51.1 Å². The molecule has 0 aliphatic carbocycles. The van der Waals surface area contributed by atoms with E-state index in [1.807, 2.05) is 26.8 Å². The third-order valence-electron chi connectivity index (χ3n) is 5.41. The number of rotatable bonds is 6. The molecule has 0 radical (unpaired) electrons. The standard InChI is InChI=1S/C21H33NO3/c1-21(2,3)19(20(23)24)18-11-10-17(16-8-6-5-7-9-16)14-22(15-18)12-13-25-4/h5-9,17-19H,10-15H2,1-4H3,(H,23,24). The lowest BCUT2D eigenvalue weighted by molar-refractivity contribution is -0.148. The fourth-order valence-electron chi connectivity index (χ4n) is 4.27. The zero-order chi connectivity index (χ0) is 18.4. The Kier molecular flexibility index (Phi) is 7.03. The minimum absolute atomic E-state index is 0.170. The van der Waals surface area contributed by atoms with E-state index in [9.17, 15) is 9.90 Å². The maximum absolute atomic E-state index is 12.0. The van der Waals surface area contributed by atoms with E-state index in [0.29, 0.717) is 12.5 Å². The number of carbonyl (C=O) groups is 1. The summed E-state index contributed by atoms with van der Waals surface area (Å²) in [6.07, 6.45) is 2.00. The Labute approximate surface area is 152 Å². The van der Waals surface area contributed by atoms with Gasteiger partial charge in [0.25, 0.3) is 0 Å². The molecular weight excluding hydrogens is 314 g/mol. The Morgan fingerprint density at radius 1 is 1.24 bits per heavy atom. The molecule has 1 heterocycles. The predicted molar refractivity (Wildman–Crippen MR) is 101 cm³/mol. The van der Waals surface area contributed by atoms with E-state index in [1.165, 1.54) is 5.56 Å². The van der Waals surface area contributed by atoms with Crippen LogP contribution in [0.1, 0.15) is 45.1 Å². The zero-order valence-corrected chi connectivity index (χ0v) is 16.1. The molecule has 0 spiro atoms. The summed E-state index contributed by atoms with van der Waals surface area (Å²) in [6, 6.07) is 10.6. The molecule has 4 nitrogen and oxygen atoms in total. The van der Waals surface area contributed by atoms with Gasteiger partial charge in [-0.15, -0.1) is 0 Å². The van der Waals surface area contributed by atoms with Gasteiger partial charge < -0.3 is 14.7 Å². The van der Waals surface area contributed by atoms with Crippen LogP contribution in [-0.4, -0.2) is 49.3 Å². The van der Waals surface area contributed by atoms with Gasteiger partial charge in [-0.3, -0.25) is 4.79 Å². The Bertz CT molecular complexity index is 538. The Hall–Kier alpha value is -1.39. The van der Waals surface area contributed by atoms with E-state index in [-0.39, 0.29) is 17.3 Å². The lowest BCUT2D eigenvalue weighted by atomic mass is 9.71. The first-order chi connectivity index (χ1) is 11.8.